The summed E-state index contributed by atoms with van der Waals surface area (Å²) in [6, 6.07) is 5.43. The summed E-state index contributed by atoms with van der Waals surface area (Å²) in [5.74, 6) is -1.32. The minimum Gasteiger partial charge on any atom is -0.496 e. The second-order valence-electron chi connectivity index (χ2n) is 9.56. The lowest BCUT2D eigenvalue weighted by Gasteiger charge is -2.34. The van der Waals surface area contributed by atoms with Gasteiger partial charge in [0.25, 0.3) is 0 Å². The van der Waals surface area contributed by atoms with Gasteiger partial charge < -0.3 is 33.4 Å². The molecular weight excluding hydrogens is 564 g/mol. The van der Waals surface area contributed by atoms with E-state index in [4.69, 9.17) is 23.4 Å². The van der Waals surface area contributed by atoms with Gasteiger partial charge in [0.15, 0.2) is 18.6 Å². The topological polar surface area (TPSA) is 90.6 Å². The predicted octanol–water partition coefficient (Wildman–Crippen LogP) is 5.14. The Morgan fingerprint density at radius 3 is 2.22 bits per heavy atom. The molecule has 0 saturated carbocycles. The van der Waals surface area contributed by atoms with Crippen molar-refractivity contribution in [1.82, 2.24) is 4.90 Å². The molecule has 3 aromatic rings. The second-order valence-corrected chi connectivity index (χ2v) is 9.56. The van der Waals surface area contributed by atoms with Crippen molar-refractivity contribution in [3.8, 4) is 34.3 Å². The number of alkyl halides is 6. The molecule has 0 spiro atoms. The van der Waals surface area contributed by atoms with Crippen LogP contribution in [0.25, 0.3) is 22.3 Å². The molecule has 2 atom stereocenters. The van der Waals surface area contributed by atoms with E-state index in [0.29, 0.717) is 25.1 Å². The van der Waals surface area contributed by atoms with Gasteiger partial charge in [-0.15, -0.1) is 0 Å². The summed E-state index contributed by atoms with van der Waals surface area (Å²) in [6.45, 7) is -2.48. The van der Waals surface area contributed by atoms with Gasteiger partial charge in [0.1, 0.15) is 39.7 Å². The van der Waals surface area contributed by atoms with Crippen LogP contribution in [-0.2, 0) is 0 Å². The van der Waals surface area contributed by atoms with Crippen LogP contribution in [0.15, 0.2) is 39.5 Å². The van der Waals surface area contributed by atoms with Gasteiger partial charge in [0.05, 0.1) is 25.9 Å². The molecule has 2 aromatic carbocycles. The first kappa shape index (κ1) is 30.3. The fourth-order valence-electron chi connectivity index (χ4n) is 4.78. The van der Waals surface area contributed by atoms with E-state index in [1.165, 1.54) is 20.3 Å². The van der Waals surface area contributed by atoms with Gasteiger partial charge in [0, 0.05) is 30.2 Å². The maximum atomic E-state index is 13.4. The maximum absolute atomic E-state index is 13.4. The molecule has 14 heteroatoms. The van der Waals surface area contributed by atoms with E-state index in [2.05, 4.69) is 0 Å². The lowest BCUT2D eigenvalue weighted by Crippen LogP contribution is -2.40. The fraction of sp³-hybridized carbons (Fsp3) is 0.444. The highest BCUT2D eigenvalue weighted by Crippen LogP contribution is 2.44. The van der Waals surface area contributed by atoms with Gasteiger partial charge >= 0.3 is 12.4 Å². The number of piperidine rings is 1. The molecule has 1 aliphatic rings. The molecule has 1 fully saturated rings. The Labute approximate surface area is 230 Å². The van der Waals surface area contributed by atoms with Crippen LogP contribution in [0.4, 0.5) is 26.3 Å². The number of hydrogen-bond donors (Lipinski definition) is 1. The molecule has 1 aliphatic heterocycles. The summed E-state index contributed by atoms with van der Waals surface area (Å²) in [6.07, 6.45) is -9.86. The van der Waals surface area contributed by atoms with Crippen LogP contribution in [0, 0.1) is 0 Å². The van der Waals surface area contributed by atoms with Crippen molar-refractivity contribution < 1.29 is 54.8 Å². The number of aliphatic hydroxyl groups is 1. The smallest absolute Gasteiger partial charge is 0.422 e. The Hall–Kier alpha value is -3.65. The summed E-state index contributed by atoms with van der Waals surface area (Å²) < 4.78 is 104. The molecule has 2 heterocycles. The SMILES string of the molecule is COc1cc(OC)c2c(=O)cc(-c3cc(OCC(F)(F)F)ccc3OCC(F)(F)F)oc2c1[C@H]1CCN(C)C[C@H]1O. The minimum absolute atomic E-state index is 0.0135. The summed E-state index contributed by atoms with van der Waals surface area (Å²) >= 11 is 0. The van der Waals surface area contributed by atoms with Crippen LogP contribution in [0.5, 0.6) is 23.0 Å². The summed E-state index contributed by atoms with van der Waals surface area (Å²) in [4.78, 5) is 15.4. The number of halogens is 6. The van der Waals surface area contributed by atoms with Crippen LogP contribution in [0.1, 0.15) is 17.9 Å². The largest absolute Gasteiger partial charge is 0.496 e. The number of fused-ring (bicyclic) bond motifs is 1. The Morgan fingerprint density at radius 1 is 0.951 bits per heavy atom. The molecule has 0 amide bonds. The first-order chi connectivity index (χ1) is 19.2. The Bertz CT molecular complexity index is 1450. The van der Waals surface area contributed by atoms with Crippen LogP contribution >= 0.6 is 0 Å². The van der Waals surface area contributed by atoms with Gasteiger partial charge in [-0.2, -0.15) is 26.3 Å². The third kappa shape index (κ3) is 6.99. The first-order valence-corrected chi connectivity index (χ1v) is 12.3. The molecule has 1 saturated heterocycles. The molecule has 1 aromatic heterocycles. The third-order valence-corrected chi connectivity index (χ3v) is 6.57. The number of likely N-dealkylation sites (tertiary alicyclic amines) is 1. The molecular formula is C27H27F6NO7. The highest BCUT2D eigenvalue weighted by Gasteiger charge is 2.34. The van der Waals surface area contributed by atoms with E-state index < -0.39 is 48.8 Å². The van der Waals surface area contributed by atoms with Gasteiger partial charge in [-0.05, 0) is 38.2 Å². The maximum Gasteiger partial charge on any atom is 0.422 e. The molecule has 4 rings (SSSR count). The number of aliphatic hydroxyl groups excluding tert-OH is 1. The van der Waals surface area contributed by atoms with E-state index in [9.17, 15) is 36.2 Å². The number of likely N-dealkylation sites (N-methyl/N-ethyl adjacent to an activating group) is 1. The lowest BCUT2D eigenvalue weighted by molar-refractivity contribution is -0.154. The zero-order valence-corrected chi connectivity index (χ0v) is 22.2. The third-order valence-electron chi connectivity index (χ3n) is 6.57. The van der Waals surface area contributed by atoms with E-state index in [0.717, 1.165) is 24.3 Å². The van der Waals surface area contributed by atoms with Crippen LogP contribution in [0.2, 0.25) is 0 Å². The number of benzene rings is 2. The highest BCUT2D eigenvalue weighted by molar-refractivity contribution is 5.90. The molecule has 0 aliphatic carbocycles. The number of β-amino-alcohol motifs (C(OH)–C–C–N with tert-alkyl or cyclic N) is 1. The van der Waals surface area contributed by atoms with Gasteiger partial charge in [-0.3, -0.25) is 4.79 Å². The summed E-state index contributed by atoms with van der Waals surface area (Å²) in [7, 11) is 4.52. The number of methoxy groups -OCH3 is 2. The van der Waals surface area contributed by atoms with Gasteiger partial charge in [-0.1, -0.05) is 0 Å². The van der Waals surface area contributed by atoms with Crippen LogP contribution in [-0.4, -0.2) is 76.0 Å². The Morgan fingerprint density at radius 2 is 1.61 bits per heavy atom. The van der Waals surface area contributed by atoms with E-state index in [1.54, 1.807) is 0 Å². The molecule has 1 N–H and O–H groups in total. The van der Waals surface area contributed by atoms with E-state index in [1.807, 2.05) is 11.9 Å². The molecule has 41 heavy (non-hydrogen) atoms. The van der Waals surface area contributed by atoms with Crippen LogP contribution < -0.4 is 24.4 Å². The average molecular weight is 592 g/mol. The first-order valence-electron chi connectivity index (χ1n) is 12.3. The number of nitrogens with zero attached hydrogens (tertiary/aromatic N) is 1. The van der Waals surface area contributed by atoms with Crippen molar-refractivity contribution in [2.45, 2.75) is 30.8 Å². The Kier molecular flexibility index (Phi) is 8.64. The summed E-state index contributed by atoms with van der Waals surface area (Å²) in [5.41, 5.74) is -0.636. The molecule has 0 unspecified atom stereocenters. The lowest BCUT2D eigenvalue weighted by atomic mass is 9.85. The normalized spacial score (nSPS) is 18.4. The number of rotatable bonds is 8. The molecule has 0 bridgehead atoms. The quantitative estimate of drug-likeness (QED) is 0.361. The second kappa shape index (κ2) is 11.7. The number of hydrogen-bond acceptors (Lipinski definition) is 8. The summed E-state index contributed by atoms with van der Waals surface area (Å²) in [5, 5.41) is 10.9. The standard InChI is InChI=1S/C27H27F6NO7/c1-34-7-6-15(18(36)11-34)23-21(37-2)10-22(38-3)24-17(35)9-20(41-25(23)24)16-8-14(39-12-26(28,29)30)4-5-19(16)40-13-27(31,32)33/h4-5,8-10,15,18,36H,6-7,11-13H2,1-3H3/t15-,18+/m0/s1. The number of ether oxygens (including phenoxy) is 4. The van der Waals surface area contributed by atoms with Crippen molar-refractivity contribution in [3.63, 3.8) is 0 Å². The molecule has 224 valence electrons. The average Bonchev–Trinajstić information content (AvgIpc) is 2.89. The van der Waals surface area contributed by atoms with Crippen molar-refractivity contribution >= 4 is 11.0 Å². The fourth-order valence-corrected chi connectivity index (χ4v) is 4.78. The molecule has 8 nitrogen and oxygen atoms in total. The predicted molar refractivity (Wildman–Crippen MR) is 135 cm³/mol. The molecule has 0 radical (unpaired) electrons. The van der Waals surface area contributed by atoms with Crippen molar-refractivity contribution in [2.75, 3.05) is 47.6 Å². The van der Waals surface area contributed by atoms with E-state index in [-0.39, 0.29) is 39.5 Å². The van der Waals surface area contributed by atoms with Gasteiger partial charge in [-0.25, -0.2) is 0 Å². The Balaban J connectivity index is 1.95. The minimum atomic E-state index is -4.73. The monoisotopic (exact) mass is 591 g/mol. The van der Waals surface area contributed by atoms with Crippen molar-refractivity contribution in [1.29, 1.82) is 0 Å². The highest BCUT2D eigenvalue weighted by atomic mass is 19.4. The van der Waals surface area contributed by atoms with Crippen molar-refractivity contribution in [2.24, 2.45) is 0 Å². The zero-order valence-electron chi connectivity index (χ0n) is 22.2. The van der Waals surface area contributed by atoms with Gasteiger partial charge in [0.2, 0.25) is 0 Å². The zero-order chi connectivity index (χ0) is 30.1. The van der Waals surface area contributed by atoms with E-state index >= 15 is 0 Å². The van der Waals surface area contributed by atoms with Crippen LogP contribution in [0.3, 0.4) is 0 Å². The van der Waals surface area contributed by atoms with Crippen molar-refractivity contribution in [3.05, 3.63) is 46.1 Å².